The van der Waals surface area contributed by atoms with Crippen LogP contribution in [0.2, 0.25) is 0 Å². The lowest BCUT2D eigenvalue weighted by Gasteiger charge is -2.22. The van der Waals surface area contributed by atoms with Gasteiger partial charge >= 0.3 is 5.97 Å². The molecule has 4 rings (SSSR count). The summed E-state index contributed by atoms with van der Waals surface area (Å²) in [6.45, 7) is 4.73. The van der Waals surface area contributed by atoms with E-state index in [1.807, 2.05) is 26.0 Å². The van der Waals surface area contributed by atoms with Gasteiger partial charge in [0.15, 0.2) is 0 Å². The zero-order valence-corrected chi connectivity index (χ0v) is 18.7. The maximum atomic E-state index is 11.4. The van der Waals surface area contributed by atoms with Gasteiger partial charge in [-0.1, -0.05) is 6.07 Å². The summed E-state index contributed by atoms with van der Waals surface area (Å²) in [5, 5.41) is 12.7. The van der Waals surface area contributed by atoms with Crippen LogP contribution in [-0.4, -0.2) is 35.8 Å². The molecule has 0 saturated carbocycles. The fraction of sp³-hybridized carbons (Fsp3) is 0.308. The third-order valence-corrected chi connectivity index (χ3v) is 5.90. The van der Waals surface area contributed by atoms with E-state index in [1.165, 1.54) is 23.4 Å². The molecule has 0 aliphatic heterocycles. The number of anilines is 3. The third-order valence-electron chi connectivity index (χ3n) is 5.90. The standard InChI is InChI=1S/C26H29N3O3/c1-17(2)32-22-9-6-20(7-10-22)29(3)21-8-11-23-18(14-21)4-5-19(23)15-28-25-16-27-13-12-24(25)26(30)31/h6-14,16-17,19,28H,4-5,15H2,1-3H3,(H,30,31)/t19-/m0/s1. The summed E-state index contributed by atoms with van der Waals surface area (Å²) in [4.78, 5) is 17.7. The molecule has 1 atom stereocenters. The highest BCUT2D eigenvalue weighted by atomic mass is 16.5. The number of ether oxygens (including phenoxy) is 1. The average Bonchev–Trinajstić information content (AvgIpc) is 3.19. The topological polar surface area (TPSA) is 74.7 Å². The summed E-state index contributed by atoms with van der Waals surface area (Å²) in [7, 11) is 2.07. The molecule has 2 aromatic carbocycles. The third kappa shape index (κ3) is 4.69. The summed E-state index contributed by atoms with van der Waals surface area (Å²) in [5.41, 5.74) is 5.75. The fourth-order valence-electron chi connectivity index (χ4n) is 4.24. The van der Waals surface area contributed by atoms with E-state index in [1.54, 1.807) is 6.20 Å². The smallest absolute Gasteiger partial charge is 0.337 e. The summed E-state index contributed by atoms with van der Waals surface area (Å²) in [6.07, 6.45) is 5.30. The Hall–Kier alpha value is -3.54. The van der Waals surface area contributed by atoms with Crippen molar-refractivity contribution in [2.24, 2.45) is 0 Å². The minimum Gasteiger partial charge on any atom is -0.491 e. The zero-order chi connectivity index (χ0) is 22.7. The number of aryl methyl sites for hydroxylation is 1. The van der Waals surface area contributed by atoms with E-state index in [4.69, 9.17) is 4.74 Å². The quantitative estimate of drug-likeness (QED) is 0.492. The van der Waals surface area contributed by atoms with Crippen LogP contribution in [0.5, 0.6) is 5.75 Å². The minimum absolute atomic E-state index is 0.159. The summed E-state index contributed by atoms with van der Waals surface area (Å²) >= 11 is 0. The fourth-order valence-corrected chi connectivity index (χ4v) is 4.24. The van der Waals surface area contributed by atoms with Gasteiger partial charge in [0, 0.05) is 37.1 Å². The number of nitrogens with one attached hydrogen (secondary N) is 1. The molecule has 166 valence electrons. The van der Waals surface area contributed by atoms with E-state index in [0.29, 0.717) is 18.2 Å². The number of fused-ring (bicyclic) bond motifs is 1. The van der Waals surface area contributed by atoms with E-state index in [0.717, 1.165) is 30.0 Å². The van der Waals surface area contributed by atoms with Crippen molar-refractivity contribution < 1.29 is 14.6 Å². The van der Waals surface area contributed by atoms with Gasteiger partial charge in [-0.3, -0.25) is 4.98 Å². The first-order valence-corrected chi connectivity index (χ1v) is 11.0. The van der Waals surface area contributed by atoms with Crippen molar-refractivity contribution in [2.45, 2.75) is 38.7 Å². The number of aromatic nitrogens is 1. The maximum Gasteiger partial charge on any atom is 0.337 e. The lowest BCUT2D eigenvalue weighted by Crippen LogP contribution is -2.14. The lowest BCUT2D eigenvalue weighted by molar-refractivity contribution is 0.0697. The minimum atomic E-state index is -0.946. The van der Waals surface area contributed by atoms with Crippen molar-refractivity contribution >= 4 is 23.0 Å². The molecule has 1 aromatic heterocycles. The van der Waals surface area contributed by atoms with E-state index in [9.17, 15) is 9.90 Å². The molecule has 0 radical (unpaired) electrons. The van der Waals surface area contributed by atoms with Crippen molar-refractivity contribution in [1.29, 1.82) is 0 Å². The van der Waals surface area contributed by atoms with Crippen LogP contribution in [0.15, 0.2) is 60.9 Å². The number of aromatic carboxylic acids is 1. The monoisotopic (exact) mass is 431 g/mol. The van der Waals surface area contributed by atoms with E-state index < -0.39 is 5.97 Å². The Morgan fingerprint density at radius 2 is 1.94 bits per heavy atom. The maximum absolute atomic E-state index is 11.4. The molecular formula is C26H29N3O3. The van der Waals surface area contributed by atoms with Crippen molar-refractivity contribution in [3.8, 4) is 5.75 Å². The molecule has 2 N–H and O–H groups in total. The Balaban J connectivity index is 1.45. The van der Waals surface area contributed by atoms with Crippen LogP contribution in [0, 0.1) is 0 Å². The van der Waals surface area contributed by atoms with Gasteiger partial charge in [-0.15, -0.1) is 0 Å². The lowest BCUT2D eigenvalue weighted by atomic mass is 10.0. The number of carbonyl (C=O) groups is 1. The Kier molecular flexibility index (Phi) is 6.30. The number of nitrogens with zero attached hydrogens (tertiary/aromatic N) is 2. The summed E-state index contributed by atoms with van der Waals surface area (Å²) < 4.78 is 5.74. The highest BCUT2D eigenvalue weighted by Gasteiger charge is 2.23. The second kappa shape index (κ2) is 9.30. The first-order valence-electron chi connectivity index (χ1n) is 11.0. The second-order valence-electron chi connectivity index (χ2n) is 8.45. The summed E-state index contributed by atoms with van der Waals surface area (Å²) in [6, 6.07) is 16.3. The Labute approximate surface area is 188 Å². The van der Waals surface area contributed by atoms with Gasteiger partial charge in [0.05, 0.1) is 23.6 Å². The van der Waals surface area contributed by atoms with Crippen LogP contribution in [0.1, 0.15) is 47.7 Å². The van der Waals surface area contributed by atoms with Gasteiger partial charge < -0.3 is 20.1 Å². The highest BCUT2D eigenvalue weighted by molar-refractivity contribution is 5.93. The number of rotatable bonds is 8. The molecular weight excluding hydrogens is 402 g/mol. The molecule has 1 heterocycles. The van der Waals surface area contributed by atoms with Gasteiger partial charge in [-0.25, -0.2) is 4.79 Å². The van der Waals surface area contributed by atoms with Crippen molar-refractivity contribution in [2.75, 3.05) is 23.8 Å². The molecule has 1 aliphatic rings. The molecule has 6 nitrogen and oxygen atoms in total. The van der Waals surface area contributed by atoms with Gasteiger partial charge in [0.25, 0.3) is 0 Å². The Morgan fingerprint density at radius 1 is 1.19 bits per heavy atom. The number of hydrogen-bond acceptors (Lipinski definition) is 5. The SMILES string of the molecule is CC(C)Oc1ccc(N(C)c2ccc3c(c2)CC[C@H]3CNc2cnccc2C(=O)O)cc1. The molecule has 1 aliphatic carbocycles. The number of hydrogen-bond donors (Lipinski definition) is 2. The van der Waals surface area contributed by atoms with Crippen LogP contribution in [-0.2, 0) is 6.42 Å². The van der Waals surface area contributed by atoms with Gasteiger partial charge in [0.2, 0.25) is 0 Å². The van der Waals surface area contributed by atoms with Crippen LogP contribution >= 0.6 is 0 Å². The van der Waals surface area contributed by atoms with Crippen molar-refractivity contribution in [3.63, 3.8) is 0 Å². The molecule has 0 amide bonds. The zero-order valence-electron chi connectivity index (χ0n) is 18.7. The molecule has 0 unspecified atom stereocenters. The normalized spacial score (nSPS) is 14.8. The molecule has 6 heteroatoms. The van der Waals surface area contributed by atoms with E-state index >= 15 is 0 Å². The molecule has 0 fully saturated rings. The Morgan fingerprint density at radius 3 is 2.66 bits per heavy atom. The average molecular weight is 432 g/mol. The number of carboxylic acid groups (broad SMARTS) is 1. The molecule has 0 saturated heterocycles. The van der Waals surface area contributed by atoms with Crippen molar-refractivity contribution in [1.82, 2.24) is 4.98 Å². The second-order valence-corrected chi connectivity index (χ2v) is 8.45. The first kappa shape index (κ1) is 21.7. The van der Waals surface area contributed by atoms with Gasteiger partial charge in [0.1, 0.15) is 5.75 Å². The first-order chi connectivity index (χ1) is 15.4. The largest absolute Gasteiger partial charge is 0.491 e. The molecule has 0 spiro atoms. The van der Waals surface area contributed by atoms with Crippen LogP contribution in [0.25, 0.3) is 0 Å². The Bertz CT molecular complexity index is 1100. The number of benzene rings is 2. The predicted molar refractivity (Wildman–Crippen MR) is 127 cm³/mol. The number of carboxylic acids is 1. The summed E-state index contributed by atoms with van der Waals surface area (Å²) in [5.74, 6) is 0.276. The predicted octanol–water partition coefficient (Wildman–Crippen LogP) is 5.48. The molecule has 32 heavy (non-hydrogen) atoms. The molecule has 3 aromatic rings. The highest BCUT2D eigenvalue weighted by Crippen LogP contribution is 2.37. The molecule has 0 bridgehead atoms. The van der Waals surface area contributed by atoms with Crippen LogP contribution < -0.4 is 15.0 Å². The van der Waals surface area contributed by atoms with Gasteiger partial charge in [-0.2, -0.15) is 0 Å². The van der Waals surface area contributed by atoms with Gasteiger partial charge in [-0.05, 0) is 80.3 Å². The number of pyridine rings is 1. The van der Waals surface area contributed by atoms with Crippen LogP contribution in [0.4, 0.5) is 17.1 Å². The van der Waals surface area contributed by atoms with E-state index in [-0.39, 0.29) is 11.7 Å². The van der Waals surface area contributed by atoms with Crippen molar-refractivity contribution in [3.05, 3.63) is 77.6 Å². The van der Waals surface area contributed by atoms with E-state index in [2.05, 4.69) is 52.6 Å². The van der Waals surface area contributed by atoms with Crippen LogP contribution in [0.3, 0.4) is 0 Å².